The van der Waals surface area contributed by atoms with E-state index in [1.54, 1.807) is 24.3 Å². The summed E-state index contributed by atoms with van der Waals surface area (Å²) in [5.74, 6) is 0.874. The standard InChI is InChI=1S/C25H19ClFN3O2/c1-2-31-23-12-17(11-20(26)24(23)32-15-16-6-4-3-5-7-16)10-18(14-28)25-29-21-9-8-19(27)13-22(21)30-25/h3-13H,2,15H2,1H3,(H,29,30)/b18-10-. The molecule has 0 saturated heterocycles. The van der Waals surface area contributed by atoms with Gasteiger partial charge in [0, 0.05) is 0 Å². The number of H-pyrrole nitrogens is 1. The number of nitrogens with one attached hydrogen (secondary N) is 1. The normalized spacial score (nSPS) is 11.4. The highest BCUT2D eigenvalue weighted by Crippen LogP contribution is 2.38. The Labute approximate surface area is 189 Å². The van der Waals surface area contributed by atoms with Crippen molar-refractivity contribution < 1.29 is 13.9 Å². The van der Waals surface area contributed by atoms with E-state index in [0.717, 1.165) is 5.56 Å². The van der Waals surface area contributed by atoms with Gasteiger partial charge in [-0.25, -0.2) is 9.37 Å². The summed E-state index contributed by atoms with van der Waals surface area (Å²) < 4.78 is 25.2. The third kappa shape index (κ3) is 4.74. The van der Waals surface area contributed by atoms with Crippen LogP contribution in [0.15, 0.2) is 60.7 Å². The molecule has 0 aliphatic heterocycles. The third-order valence-corrected chi connectivity index (χ3v) is 4.97. The molecule has 0 fully saturated rings. The molecular weight excluding hydrogens is 429 g/mol. The number of hydrogen-bond acceptors (Lipinski definition) is 4. The molecule has 7 heteroatoms. The SMILES string of the molecule is CCOc1cc(/C=C(/C#N)c2nc3ccc(F)cc3[nH]2)cc(Cl)c1OCc1ccccc1. The fraction of sp³-hybridized carbons (Fsp3) is 0.120. The number of aromatic nitrogens is 2. The number of imidazole rings is 1. The Kier molecular flexibility index (Phi) is 6.39. The Morgan fingerprint density at radius 2 is 1.97 bits per heavy atom. The minimum atomic E-state index is -0.380. The lowest BCUT2D eigenvalue weighted by molar-refractivity contribution is 0.269. The fourth-order valence-electron chi connectivity index (χ4n) is 3.23. The van der Waals surface area contributed by atoms with Gasteiger partial charge < -0.3 is 14.5 Å². The molecule has 1 heterocycles. The molecule has 0 atom stereocenters. The Morgan fingerprint density at radius 3 is 2.72 bits per heavy atom. The average Bonchev–Trinajstić information content (AvgIpc) is 3.20. The molecule has 4 rings (SSSR count). The maximum atomic E-state index is 13.5. The molecule has 0 unspecified atom stereocenters. The highest BCUT2D eigenvalue weighted by Gasteiger charge is 2.14. The summed E-state index contributed by atoms with van der Waals surface area (Å²) in [6.07, 6.45) is 1.64. The van der Waals surface area contributed by atoms with Gasteiger partial charge in [0.25, 0.3) is 0 Å². The van der Waals surface area contributed by atoms with Crippen LogP contribution in [0.25, 0.3) is 22.7 Å². The van der Waals surface area contributed by atoms with Crippen LogP contribution in [0.3, 0.4) is 0 Å². The van der Waals surface area contributed by atoms with Crippen LogP contribution >= 0.6 is 11.6 Å². The maximum Gasteiger partial charge on any atom is 0.180 e. The molecule has 1 aromatic heterocycles. The van der Waals surface area contributed by atoms with Gasteiger partial charge in [-0.1, -0.05) is 41.9 Å². The molecule has 4 aromatic rings. The van der Waals surface area contributed by atoms with E-state index in [2.05, 4.69) is 16.0 Å². The number of ether oxygens (including phenoxy) is 2. The molecule has 160 valence electrons. The van der Waals surface area contributed by atoms with Gasteiger partial charge in [-0.3, -0.25) is 0 Å². The van der Waals surface area contributed by atoms with Crippen LogP contribution in [-0.2, 0) is 6.61 Å². The smallest absolute Gasteiger partial charge is 0.180 e. The van der Waals surface area contributed by atoms with Gasteiger partial charge >= 0.3 is 0 Å². The Balaban J connectivity index is 1.67. The number of rotatable bonds is 7. The van der Waals surface area contributed by atoms with Crippen LogP contribution in [0.4, 0.5) is 4.39 Å². The first-order valence-corrected chi connectivity index (χ1v) is 10.4. The molecule has 0 spiro atoms. The molecule has 0 radical (unpaired) electrons. The zero-order valence-electron chi connectivity index (χ0n) is 17.2. The van der Waals surface area contributed by atoms with Crippen LogP contribution in [0.5, 0.6) is 11.5 Å². The number of nitrogens with zero attached hydrogens (tertiary/aromatic N) is 2. The highest BCUT2D eigenvalue weighted by molar-refractivity contribution is 6.32. The molecular formula is C25H19ClFN3O2. The second-order valence-corrected chi connectivity index (χ2v) is 7.36. The van der Waals surface area contributed by atoms with Gasteiger partial charge in [0.15, 0.2) is 11.5 Å². The van der Waals surface area contributed by atoms with Crippen molar-refractivity contribution in [1.29, 1.82) is 5.26 Å². The largest absolute Gasteiger partial charge is 0.490 e. The summed E-state index contributed by atoms with van der Waals surface area (Å²) >= 11 is 6.51. The van der Waals surface area contributed by atoms with E-state index >= 15 is 0 Å². The van der Waals surface area contributed by atoms with Crippen molar-refractivity contribution in [2.45, 2.75) is 13.5 Å². The number of hydrogen-bond donors (Lipinski definition) is 1. The van der Waals surface area contributed by atoms with Crippen molar-refractivity contribution in [1.82, 2.24) is 9.97 Å². The minimum absolute atomic E-state index is 0.276. The summed E-state index contributed by atoms with van der Waals surface area (Å²) in [6, 6.07) is 19.5. The van der Waals surface area contributed by atoms with Gasteiger partial charge in [0.1, 0.15) is 24.3 Å². The summed E-state index contributed by atoms with van der Waals surface area (Å²) in [4.78, 5) is 7.36. The van der Waals surface area contributed by atoms with Crippen molar-refractivity contribution in [3.05, 3.63) is 88.5 Å². The Morgan fingerprint density at radius 1 is 1.16 bits per heavy atom. The second-order valence-electron chi connectivity index (χ2n) is 6.95. The lowest BCUT2D eigenvalue weighted by atomic mass is 10.1. The molecule has 32 heavy (non-hydrogen) atoms. The molecule has 1 N–H and O–H groups in total. The van der Waals surface area contributed by atoms with E-state index in [0.29, 0.717) is 52.2 Å². The van der Waals surface area contributed by atoms with Crippen LogP contribution in [0.2, 0.25) is 5.02 Å². The predicted octanol–water partition coefficient (Wildman–Crippen LogP) is 6.40. The van der Waals surface area contributed by atoms with E-state index in [1.165, 1.54) is 12.1 Å². The van der Waals surface area contributed by atoms with Crippen molar-refractivity contribution in [3.8, 4) is 17.6 Å². The zero-order valence-corrected chi connectivity index (χ0v) is 18.0. The number of allylic oxidation sites excluding steroid dienone is 1. The molecule has 0 saturated carbocycles. The molecule has 0 bridgehead atoms. The quantitative estimate of drug-likeness (QED) is 0.333. The molecule has 5 nitrogen and oxygen atoms in total. The van der Waals surface area contributed by atoms with E-state index in [1.807, 2.05) is 37.3 Å². The van der Waals surface area contributed by atoms with Gasteiger partial charge in [0.2, 0.25) is 0 Å². The summed E-state index contributed by atoms with van der Waals surface area (Å²) in [5.41, 5.74) is 3.01. The van der Waals surface area contributed by atoms with E-state index in [-0.39, 0.29) is 11.4 Å². The van der Waals surface area contributed by atoms with Crippen molar-refractivity contribution in [2.24, 2.45) is 0 Å². The number of halogens is 2. The molecule has 3 aromatic carbocycles. The average molecular weight is 448 g/mol. The van der Waals surface area contributed by atoms with Gasteiger partial charge in [-0.15, -0.1) is 0 Å². The number of fused-ring (bicyclic) bond motifs is 1. The lowest BCUT2D eigenvalue weighted by Gasteiger charge is -2.14. The highest BCUT2D eigenvalue weighted by atomic mass is 35.5. The second kappa shape index (κ2) is 9.54. The fourth-order valence-corrected chi connectivity index (χ4v) is 3.51. The first-order chi connectivity index (χ1) is 15.6. The van der Waals surface area contributed by atoms with Gasteiger partial charge in [0.05, 0.1) is 28.2 Å². The van der Waals surface area contributed by atoms with Gasteiger partial charge in [-0.05, 0) is 54.5 Å². The van der Waals surface area contributed by atoms with E-state index in [9.17, 15) is 9.65 Å². The van der Waals surface area contributed by atoms with E-state index in [4.69, 9.17) is 21.1 Å². The van der Waals surface area contributed by atoms with Crippen LogP contribution in [0.1, 0.15) is 23.9 Å². The number of benzene rings is 3. The summed E-state index contributed by atoms with van der Waals surface area (Å²) in [5, 5.41) is 10.0. The Hall–Kier alpha value is -3.82. The molecule has 0 aliphatic carbocycles. The number of nitriles is 1. The minimum Gasteiger partial charge on any atom is -0.490 e. The maximum absolute atomic E-state index is 13.5. The first kappa shape index (κ1) is 21.4. The lowest BCUT2D eigenvalue weighted by Crippen LogP contribution is -2.01. The van der Waals surface area contributed by atoms with Crippen LogP contribution in [-0.4, -0.2) is 16.6 Å². The monoisotopic (exact) mass is 447 g/mol. The third-order valence-electron chi connectivity index (χ3n) is 4.69. The van der Waals surface area contributed by atoms with Crippen LogP contribution in [0, 0.1) is 17.1 Å². The van der Waals surface area contributed by atoms with E-state index < -0.39 is 0 Å². The first-order valence-electron chi connectivity index (χ1n) is 9.98. The number of aromatic amines is 1. The zero-order chi connectivity index (χ0) is 22.5. The van der Waals surface area contributed by atoms with Crippen molar-refractivity contribution >= 4 is 34.3 Å². The van der Waals surface area contributed by atoms with Crippen LogP contribution < -0.4 is 9.47 Å². The van der Waals surface area contributed by atoms with Gasteiger partial charge in [-0.2, -0.15) is 5.26 Å². The Bertz CT molecular complexity index is 1330. The molecule has 0 aliphatic rings. The summed E-state index contributed by atoms with van der Waals surface area (Å²) in [7, 11) is 0. The molecule has 0 amide bonds. The van der Waals surface area contributed by atoms with Crippen molar-refractivity contribution in [3.63, 3.8) is 0 Å². The summed E-state index contributed by atoms with van der Waals surface area (Å²) in [6.45, 7) is 2.63. The predicted molar refractivity (Wildman–Crippen MR) is 123 cm³/mol. The topological polar surface area (TPSA) is 70.9 Å². The van der Waals surface area contributed by atoms with Crippen molar-refractivity contribution in [2.75, 3.05) is 6.61 Å².